The molecule has 1 fully saturated rings. The third kappa shape index (κ3) is 3.58. The summed E-state index contributed by atoms with van der Waals surface area (Å²) in [5.74, 6) is 0.465. The molecular weight excluding hydrogens is 305 g/mol. The van der Waals surface area contributed by atoms with Gasteiger partial charge < -0.3 is 10.2 Å². The highest BCUT2D eigenvalue weighted by molar-refractivity contribution is 7.92. The third-order valence-electron chi connectivity index (χ3n) is 3.89. The first-order valence-corrected chi connectivity index (χ1v) is 8.83. The van der Waals surface area contributed by atoms with E-state index < -0.39 is 14.6 Å². The second-order valence-electron chi connectivity index (χ2n) is 6.03. The van der Waals surface area contributed by atoms with Gasteiger partial charge in [-0.25, -0.2) is 12.8 Å². The minimum absolute atomic E-state index is 0.112. The largest absolute Gasteiger partial charge is 0.352 e. The van der Waals surface area contributed by atoms with Gasteiger partial charge in [0.05, 0.1) is 10.5 Å². The van der Waals surface area contributed by atoms with E-state index in [1.807, 2.05) is 11.0 Å². The van der Waals surface area contributed by atoms with E-state index >= 15 is 0 Å². The van der Waals surface area contributed by atoms with Crippen molar-refractivity contribution in [2.75, 3.05) is 25.9 Å². The molecule has 1 aromatic rings. The van der Waals surface area contributed by atoms with Crippen LogP contribution < -0.4 is 5.32 Å². The lowest BCUT2D eigenvalue weighted by Crippen LogP contribution is -2.57. The predicted molar refractivity (Wildman–Crippen MR) is 86.0 cm³/mol. The molecule has 0 amide bonds. The van der Waals surface area contributed by atoms with Crippen molar-refractivity contribution in [1.29, 1.82) is 0 Å². The summed E-state index contributed by atoms with van der Waals surface area (Å²) in [4.78, 5) is 6.14. The highest BCUT2D eigenvalue weighted by atomic mass is 32.2. The Bertz CT molecular complexity index is 671. The molecule has 0 radical (unpaired) electrons. The summed E-state index contributed by atoms with van der Waals surface area (Å²) in [7, 11) is -1.43. The number of benzene rings is 1. The van der Waals surface area contributed by atoms with Crippen LogP contribution in [0.2, 0.25) is 0 Å². The molecule has 1 saturated heterocycles. The fourth-order valence-electron chi connectivity index (χ4n) is 2.48. The molecule has 0 atom stereocenters. The summed E-state index contributed by atoms with van der Waals surface area (Å²) in [5, 5.41) is 3.16. The van der Waals surface area contributed by atoms with E-state index in [1.165, 1.54) is 12.1 Å². The molecule has 1 heterocycles. The highest BCUT2D eigenvalue weighted by Crippen LogP contribution is 2.23. The molecule has 1 aromatic carbocycles. The lowest BCUT2D eigenvalue weighted by atomic mass is 10.2. The zero-order chi connectivity index (χ0) is 16.4. The first-order chi connectivity index (χ1) is 10.2. The summed E-state index contributed by atoms with van der Waals surface area (Å²) < 4.78 is 36.5. The maximum Gasteiger partial charge on any atom is 0.193 e. The Balaban J connectivity index is 2.04. The van der Waals surface area contributed by atoms with Crippen LogP contribution in [0.1, 0.15) is 19.4 Å². The van der Waals surface area contributed by atoms with Crippen molar-refractivity contribution >= 4 is 15.8 Å². The molecule has 0 aromatic heterocycles. The summed E-state index contributed by atoms with van der Waals surface area (Å²) in [6.45, 7) is 4.70. The van der Waals surface area contributed by atoms with Crippen LogP contribution in [-0.4, -0.2) is 49.9 Å². The van der Waals surface area contributed by atoms with Crippen molar-refractivity contribution in [2.45, 2.75) is 25.1 Å². The van der Waals surface area contributed by atoms with E-state index in [1.54, 1.807) is 27.0 Å². The monoisotopic (exact) mass is 327 g/mol. The van der Waals surface area contributed by atoms with Crippen molar-refractivity contribution in [2.24, 2.45) is 4.99 Å². The molecule has 0 bridgehead atoms. The lowest BCUT2D eigenvalue weighted by molar-refractivity contribution is 0.353. The van der Waals surface area contributed by atoms with Crippen LogP contribution in [0, 0.1) is 5.82 Å². The quantitative estimate of drug-likeness (QED) is 0.659. The average molecular weight is 327 g/mol. The summed E-state index contributed by atoms with van der Waals surface area (Å²) in [6, 6.07) is 6.35. The average Bonchev–Trinajstić information content (AvgIpc) is 2.43. The molecule has 0 aliphatic carbocycles. The van der Waals surface area contributed by atoms with E-state index in [4.69, 9.17) is 0 Å². The van der Waals surface area contributed by atoms with E-state index in [0.717, 1.165) is 5.56 Å². The minimum atomic E-state index is -3.08. The van der Waals surface area contributed by atoms with Gasteiger partial charge in [0.1, 0.15) is 5.82 Å². The predicted octanol–water partition coefficient (Wildman–Crippen LogP) is 1.41. The van der Waals surface area contributed by atoms with Crippen LogP contribution >= 0.6 is 0 Å². The van der Waals surface area contributed by atoms with E-state index in [9.17, 15) is 12.8 Å². The van der Waals surface area contributed by atoms with Gasteiger partial charge in [-0.2, -0.15) is 0 Å². The van der Waals surface area contributed by atoms with Crippen molar-refractivity contribution in [3.05, 3.63) is 35.6 Å². The zero-order valence-corrected chi connectivity index (χ0v) is 14.0. The summed E-state index contributed by atoms with van der Waals surface area (Å²) in [5.41, 5.74) is 0.810. The maximum absolute atomic E-state index is 13.2. The van der Waals surface area contributed by atoms with Gasteiger partial charge >= 0.3 is 0 Å². The normalized spacial score (nSPS) is 20.7. The lowest BCUT2D eigenvalue weighted by Gasteiger charge is -2.39. The van der Waals surface area contributed by atoms with Crippen LogP contribution in [0.5, 0.6) is 0 Å². The molecule has 122 valence electrons. The van der Waals surface area contributed by atoms with E-state index in [0.29, 0.717) is 25.6 Å². The number of halogens is 1. The van der Waals surface area contributed by atoms with Gasteiger partial charge in [-0.15, -0.1) is 0 Å². The SMILES string of the molecule is CN=C(NCc1cccc(F)c1)N1CCS(=O)(=O)C(C)(C)C1. The highest BCUT2D eigenvalue weighted by Gasteiger charge is 2.40. The smallest absolute Gasteiger partial charge is 0.193 e. The van der Waals surface area contributed by atoms with Gasteiger partial charge in [-0.3, -0.25) is 4.99 Å². The zero-order valence-electron chi connectivity index (χ0n) is 13.1. The van der Waals surface area contributed by atoms with Gasteiger partial charge in [0.15, 0.2) is 15.8 Å². The van der Waals surface area contributed by atoms with Crippen molar-refractivity contribution in [1.82, 2.24) is 10.2 Å². The second kappa shape index (κ2) is 6.24. The molecule has 7 heteroatoms. The number of nitrogens with one attached hydrogen (secondary N) is 1. The topological polar surface area (TPSA) is 61.8 Å². The van der Waals surface area contributed by atoms with Gasteiger partial charge in [-0.1, -0.05) is 12.1 Å². The number of guanidine groups is 1. The van der Waals surface area contributed by atoms with Gasteiger partial charge in [-0.05, 0) is 31.5 Å². The summed E-state index contributed by atoms with van der Waals surface area (Å²) in [6.07, 6.45) is 0. The molecule has 2 rings (SSSR count). The number of rotatable bonds is 2. The second-order valence-corrected chi connectivity index (χ2v) is 8.77. The van der Waals surface area contributed by atoms with E-state index in [-0.39, 0.29) is 11.6 Å². The third-order valence-corrected chi connectivity index (χ3v) is 6.43. The summed E-state index contributed by atoms with van der Waals surface area (Å²) >= 11 is 0. The maximum atomic E-state index is 13.2. The Morgan fingerprint density at radius 3 is 2.77 bits per heavy atom. The Hall–Kier alpha value is -1.63. The molecule has 0 unspecified atom stereocenters. The van der Waals surface area contributed by atoms with Crippen molar-refractivity contribution in [3.63, 3.8) is 0 Å². The number of hydrogen-bond donors (Lipinski definition) is 1. The van der Waals surface area contributed by atoms with Crippen molar-refractivity contribution in [3.8, 4) is 0 Å². The number of sulfone groups is 1. The number of hydrogen-bond acceptors (Lipinski definition) is 3. The Morgan fingerprint density at radius 1 is 1.45 bits per heavy atom. The molecule has 1 N–H and O–H groups in total. The molecule has 0 saturated carbocycles. The Morgan fingerprint density at radius 2 is 2.18 bits per heavy atom. The van der Waals surface area contributed by atoms with Crippen LogP contribution in [0.3, 0.4) is 0 Å². The standard InChI is InChI=1S/C15H22FN3O2S/c1-15(2)11-19(7-8-22(15,20)21)14(17-3)18-10-12-5-4-6-13(16)9-12/h4-6,9H,7-8,10-11H2,1-3H3,(H,17,18). The van der Waals surface area contributed by atoms with Crippen LogP contribution in [0.15, 0.2) is 29.3 Å². The minimum Gasteiger partial charge on any atom is -0.352 e. The Kier molecular flexibility index (Phi) is 4.75. The van der Waals surface area contributed by atoms with Crippen LogP contribution in [0.25, 0.3) is 0 Å². The van der Waals surface area contributed by atoms with Crippen LogP contribution in [-0.2, 0) is 16.4 Å². The molecular formula is C15H22FN3O2S. The van der Waals surface area contributed by atoms with Gasteiger partial charge in [0, 0.05) is 26.7 Å². The fourth-order valence-corrected chi connectivity index (χ4v) is 3.85. The molecule has 1 aliphatic rings. The first kappa shape index (κ1) is 16.7. The number of nitrogens with zero attached hydrogens (tertiary/aromatic N) is 2. The molecule has 1 aliphatic heterocycles. The fraction of sp³-hybridized carbons (Fsp3) is 0.533. The van der Waals surface area contributed by atoms with Gasteiger partial charge in [0.2, 0.25) is 0 Å². The van der Waals surface area contributed by atoms with Crippen molar-refractivity contribution < 1.29 is 12.8 Å². The van der Waals surface area contributed by atoms with E-state index in [2.05, 4.69) is 10.3 Å². The molecule has 22 heavy (non-hydrogen) atoms. The van der Waals surface area contributed by atoms with Crippen LogP contribution in [0.4, 0.5) is 4.39 Å². The molecule has 5 nitrogen and oxygen atoms in total. The molecule has 0 spiro atoms. The number of aliphatic imine (C=N–C) groups is 1. The Labute approximate surface area is 131 Å². The first-order valence-electron chi connectivity index (χ1n) is 7.17. The van der Waals surface area contributed by atoms with Gasteiger partial charge in [0.25, 0.3) is 0 Å².